The van der Waals surface area contributed by atoms with Gasteiger partial charge in [-0.2, -0.15) is 0 Å². The first-order valence-electron chi connectivity index (χ1n) is 15.8. The molecule has 12 nitrogen and oxygen atoms in total. The number of rotatable bonds is 11. The molecule has 4 aromatic carbocycles. The Morgan fingerprint density at radius 2 is 1.06 bits per heavy atom. The average Bonchev–Trinajstić information content (AvgIpc) is 3.87. The molecule has 0 spiro atoms. The van der Waals surface area contributed by atoms with Gasteiger partial charge in [0, 0.05) is 66.9 Å². The van der Waals surface area contributed by atoms with Crippen LogP contribution in [0.5, 0.6) is 0 Å². The molecule has 0 saturated heterocycles. The molecular formula is C38H36N6O6S2. The lowest BCUT2D eigenvalue weighted by Crippen LogP contribution is -2.16. The average molecular weight is 737 g/mol. The lowest BCUT2D eigenvalue weighted by Gasteiger charge is -2.15. The fourth-order valence-corrected chi connectivity index (χ4v) is 6.57. The highest BCUT2D eigenvalue weighted by molar-refractivity contribution is 7.14. The molecule has 0 atom stereocenters. The molecule has 0 aliphatic heterocycles. The molecule has 6 aromatic rings. The Morgan fingerprint density at radius 3 is 1.42 bits per heavy atom. The van der Waals surface area contributed by atoms with Crippen LogP contribution in [0.15, 0.2) is 108 Å². The Kier molecular flexibility index (Phi) is 12.3. The number of nitrogens with zero attached hydrogens (tertiary/aromatic N) is 5. The topological polar surface area (TPSA) is 154 Å². The van der Waals surface area contributed by atoms with Crippen LogP contribution in [0.2, 0.25) is 0 Å². The first-order chi connectivity index (χ1) is 25.0. The van der Waals surface area contributed by atoms with E-state index in [1.807, 2.05) is 78.3 Å². The molecule has 0 bridgehead atoms. The molecule has 2 N–H and O–H groups in total. The van der Waals surface area contributed by atoms with Crippen LogP contribution in [0, 0.1) is 10.1 Å². The van der Waals surface area contributed by atoms with Crippen LogP contribution in [0.4, 0.5) is 21.6 Å². The summed E-state index contributed by atoms with van der Waals surface area (Å²) in [5, 5.41) is 16.5. The summed E-state index contributed by atoms with van der Waals surface area (Å²) in [6, 6.07) is 28.7. The third kappa shape index (κ3) is 9.56. The molecule has 0 fully saturated rings. The lowest BCUT2D eigenvalue weighted by atomic mass is 10.1. The van der Waals surface area contributed by atoms with Crippen molar-refractivity contribution in [3.05, 3.63) is 140 Å². The van der Waals surface area contributed by atoms with Crippen molar-refractivity contribution in [2.45, 2.75) is 13.1 Å². The van der Waals surface area contributed by atoms with E-state index in [9.17, 15) is 19.7 Å². The highest BCUT2D eigenvalue weighted by Gasteiger charge is 2.13. The molecule has 14 heteroatoms. The number of aromatic nitrogens is 2. The predicted octanol–water partition coefficient (Wildman–Crippen LogP) is 7.96. The number of methoxy groups -OCH3 is 2. The maximum absolute atomic E-state index is 11.5. The largest absolute Gasteiger partial charge is 0.465 e. The van der Waals surface area contributed by atoms with Crippen LogP contribution in [-0.2, 0) is 22.6 Å². The van der Waals surface area contributed by atoms with Gasteiger partial charge in [-0.1, -0.05) is 36.4 Å². The van der Waals surface area contributed by atoms with Gasteiger partial charge in [-0.05, 0) is 59.7 Å². The molecule has 0 saturated carbocycles. The number of hydrogen-bond acceptors (Lipinski definition) is 13. The van der Waals surface area contributed by atoms with Gasteiger partial charge in [-0.15, -0.1) is 22.7 Å². The van der Waals surface area contributed by atoms with E-state index in [0.717, 1.165) is 49.6 Å². The van der Waals surface area contributed by atoms with E-state index < -0.39 is 4.92 Å². The Balaban J connectivity index is 0.000000202. The molecule has 0 radical (unpaired) electrons. The number of carbonyl (C=O) groups is 2. The molecular weight excluding hydrogens is 701 g/mol. The van der Waals surface area contributed by atoms with E-state index in [1.165, 1.54) is 37.7 Å². The second kappa shape index (κ2) is 17.2. The Morgan fingerprint density at radius 1 is 0.673 bits per heavy atom. The number of benzene rings is 4. The predicted molar refractivity (Wildman–Crippen MR) is 206 cm³/mol. The van der Waals surface area contributed by atoms with E-state index in [0.29, 0.717) is 24.2 Å². The molecule has 52 heavy (non-hydrogen) atoms. The van der Waals surface area contributed by atoms with Crippen LogP contribution in [0.3, 0.4) is 0 Å². The molecule has 0 unspecified atom stereocenters. The third-order valence-corrected chi connectivity index (χ3v) is 9.72. The Hall–Kier alpha value is -6.12. The number of non-ortho nitro benzene ring substituents is 1. The van der Waals surface area contributed by atoms with Gasteiger partial charge < -0.3 is 25.0 Å². The summed E-state index contributed by atoms with van der Waals surface area (Å²) in [7, 11) is 6.67. The van der Waals surface area contributed by atoms with E-state index in [-0.39, 0.29) is 17.6 Å². The number of thiazole rings is 2. The first-order valence-corrected chi connectivity index (χ1v) is 17.6. The normalized spacial score (nSPS) is 10.5. The number of ether oxygens (including phenoxy) is 2. The van der Waals surface area contributed by atoms with Crippen molar-refractivity contribution in [3.63, 3.8) is 0 Å². The van der Waals surface area contributed by atoms with E-state index in [1.54, 1.807) is 47.7 Å². The summed E-state index contributed by atoms with van der Waals surface area (Å²) >= 11 is 3.10. The number of nitro benzene ring substituents is 1. The number of anilines is 3. The Bertz CT molecular complexity index is 2120. The van der Waals surface area contributed by atoms with Crippen molar-refractivity contribution in [3.8, 4) is 22.5 Å². The fraction of sp³-hybridized carbons (Fsp3) is 0.158. The van der Waals surface area contributed by atoms with Gasteiger partial charge in [0.15, 0.2) is 10.3 Å². The minimum Gasteiger partial charge on any atom is -0.465 e. The zero-order valence-electron chi connectivity index (χ0n) is 28.9. The molecule has 2 aromatic heterocycles. The molecule has 0 aliphatic rings. The number of hydrogen-bond donors (Lipinski definition) is 1. The fourth-order valence-electron chi connectivity index (χ4n) is 4.96. The van der Waals surface area contributed by atoms with E-state index >= 15 is 0 Å². The smallest absolute Gasteiger partial charge is 0.337 e. The first kappa shape index (κ1) is 37.1. The summed E-state index contributed by atoms with van der Waals surface area (Å²) in [5.41, 5.74) is 13.3. The van der Waals surface area contributed by atoms with Crippen molar-refractivity contribution in [1.82, 2.24) is 9.97 Å². The van der Waals surface area contributed by atoms with Gasteiger partial charge in [0.1, 0.15) is 0 Å². The molecule has 266 valence electrons. The van der Waals surface area contributed by atoms with Gasteiger partial charge in [0.05, 0.1) is 41.7 Å². The second-order valence-corrected chi connectivity index (χ2v) is 13.2. The van der Waals surface area contributed by atoms with Gasteiger partial charge in [0.2, 0.25) is 0 Å². The van der Waals surface area contributed by atoms with Crippen LogP contribution in [0.1, 0.15) is 31.8 Å². The van der Waals surface area contributed by atoms with Crippen LogP contribution >= 0.6 is 22.7 Å². The van der Waals surface area contributed by atoms with Gasteiger partial charge in [-0.25, -0.2) is 19.6 Å². The number of carbonyl (C=O) groups excluding carboxylic acids is 2. The maximum atomic E-state index is 11.5. The molecule has 0 amide bonds. The van der Waals surface area contributed by atoms with Crippen LogP contribution in [-0.4, -0.2) is 55.1 Å². The third-order valence-electron chi connectivity index (χ3n) is 7.81. The molecule has 2 heterocycles. The van der Waals surface area contributed by atoms with E-state index in [2.05, 4.69) is 9.88 Å². The molecule has 6 rings (SSSR count). The number of nitro groups is 1. The summed E-state index contributed by atoms with van der Waals surface area (Å²) in [6.07, 6.45) is 0. The zero-order chi connectivity index (χ0) is 37.2. The van der Waals surface area contributed by atoms with E-state index in [4.69, 9.17) is 20.2 Å². The van der Waals surface area contributed by atoms with Gasteiger partial charge >= 0.3 is 11.9 Å². The van der Waals surface area contributed by atoms with Crippen molar-refractivity contribution < 1.29 is 24.0 Å². The number of nitrogen functional groups attached to an aromatic ring is 1. The van der Waals surface area contributed by atoms with Crippen LogP contribution in [0.25, 0.3) is 22.5 Å². The lowest BCUT2D eigenvalue weighted by molar-refractivity contribution is -0.384. The summed E-state index contributed by atoms with van der Waals surface area (Å²) in [6.45, 7) is 1.34. The highest BCUT2D eigenvalue weighted by atomic mass is 32.1. The van der Waals surface area contributed by atoms with Crippen LogP contribution < -0.4 is 15.5 Å². The minimum atomic E-state index is -0.421. The quantitative estimate of drug-likeness (QED) is 0.0596. The summed E-state index contributed by atoms with van der Waals surface area (Å²) in [5.74, 6) is -0.685. The van der Waals surface area contributed by atoms with Crippen molar-refractivity contribution in [1.29, 1.82) is 0 Å². The van der Waals surface area contributed by atoms with Gasteiger partial charge in [0.25, 0.3) is 5.69 Å². The standard InChI is InChI=1S/C19H17N3O4S.C19H19N3O2S/c1-21(11-13-3-5-15(6-4-13)18(23)26-2)19-20-17(12-27-19)14-7-9-16(10-8-14)22(24)25;1-22(11-13-3-5-15(6-4-13)18(23)24-2)19-21-17(12-25-19)14-7-9-16(20)10-8-14/h3-10,12H,11H2,1-2H3;3-10,12H,11,20H2,1-2H3. The maximum Gasteiger partial charge on any atom is 0.337 e. The second-order valence-electron chi connectivity index (χ2n) is 11.5. The minimum absolute atomic E-state index is 0.0572. The molecule has 0 aliphatic carbocycles. The monoisotopic (exact) mass is 736 g/mol. The summed E-state index contributed by atoms with van der Waals surface area (Å²) < 4.78 is 9.41. The SMILES string of the molecule is COC(=O)c1ccc(CN(C)c2nc(-c3ccc(N)cc3)cs2)cc1.COC(=O)c1ccc(CN(C)c2nc(-c3ccc([N+](=O)[O-])cc3)cs2)cc1. The zero-order valence-corrected chi connectivity index (χ0v) is 30.5. The number of esters is 2. The van der Waals surface area contributed by atoms with Crippen molar-refractivity contribution in [2.24, 2.45) is 0 Å². The highest BCUT2D eigenvalue weighted by Crippen LogP contribution is 2.30. The summed E-state index contributed by atoms with van der Waals surface area (Å²) in [4.78, 5) is 46.7. The van der Waals surface area contributed by atoms with Gasteiger partial charge in [-0.3, -0.25) is 10.1 Å². The van der Waals surface area contributed by atoms with Crippen molar-refractivity contribution in [2.75, 3.05) is 43.8 Å². The Labute approximate surface area is 308 Å². The van der Waals surface area contributed by atoms with Crippen molar-refractivity contribution >= 4 is 56.3 Å². The number of nitrogens with two attached hydrogens (primary N) is 1.